The number of benzene rings is 2. The summed E-state index contributed by atoms with van der Waals surface area (Å²) in [6, 6.07) is 11.5. The van der Waals surface area contributed by atoms with Gasteiger partial charge in [-0.15, -0.1) is 0 Å². The van der Waals surface area contributed by atoms with Crippen molar-refractivity contribution in [2.75, 3.05) is 13.4 Å². The van der Waals surface area contributed by atoms with Crippen LogP contribution in [0.5, 0.6) is 5.75 Å². The van der Waals surface area contributed by atoms with E-state index in [4.69, 9.17) is 14.2 Å². The molecule has 2 atom stereocenters. The lowest BCUT2D eigenvalue weighted by atomic mass is 9.98. The topological polar surface area (TPSA) is 61.8 Å². The van der Waals surface area contributed by atoms with E-state index in [1.54, 1.807) is 20.3 Å². The van der Waals surface area contributed by atoms with Crippen molar-refractivity contribution in [3.8, 4) is 5.75 Å². The monoisotopic (exact) mass is 348 g/mol. The molecule has 2 aromatic carbocycles. The van der Waals surface area contributed by atoms with E-state index in [-0.39, 0.29) is 0 Å². The van der Waals surface area contributed by atoms with E-state index in [1.165, 1.54) is 6.92 Å². The van der Waals surface area contributed by atoms with Crippen LogP contribution >= 0.6 is 11.8 Å². The van der Waals surface area contributed by atoms with Gasteiger partial charge < -0.3 is 14.2 Å². The summed E-state index contributed by atoms with van der Waals surface area (Å²) in [7, 11) is 1.62. The smallest absolute Gasteiger partial charge is 0.370 e. The van der Waals surface area contributed by atoms with Crippen LogP contribution in [0.1, 0.15) is 25.3 Å². The zero-order chi connectivity index (χ0) is 17.7. The Morgan fingerprint density at radius 1 is 1.00 bits per heavy atom. The lowest BCUT2D eigenvalue weighted by Gasteiger charge is -2.17. The van der Waals surface area contributed by atoms with E-state index < -0.39 is 23.5 Å². The van der Waals surface area contributed by atoms with E-state index in [0.717, 1.165) is 33.8 Å². The fraction of sp³-hybridized carbons (Fsp3) is 0.333. The van der Waals surface area contributed by atoms with E-state index in [1.807, 2.05) is 36.4 Å². The van der Waals surface area contributed by atoms with E-state index >= 15 is 0 Å². The molecule has 0 fully saturated rings. The van der Waals surface area contributed by atoms with Crippen molar-refractivity contribution in [1.82, 2.24) is 0 Å². The zero-order valence-electron chi connectivity index (χ0n) is 14.1. The van der Waals surface area contributed by atoms with Crippen molar-refractivity contribution >= 4 is 33.8 Å². The Morgan fingerprint density at radius 2 is 1.67 bits per heavy atom. The molecule has 2 aromatic rings. The van der Waals surface area contributed by atoms with Crippen LogP contribution in [0.3, 0.4) is 0 Å². The lowest BCUT2D eigenvalue weighted by Crippen LogP contribution is -2.23. The second-order valence-electron chi connectivity index (χ2n) is 5.27. The molecule has 0 amide bonds. The molecular weight excluding hydrogens is 328 g/mol. The van der Waals surface area contributed by atoms with Gasteiger partial charge in [-0.3, -0.25) is 4.79 Å². The van der Waals surface area contributed by atoms with Crippen LogP contribution in [-0.2, 0) is 14.3 Å². The molecule has 0 N–H and O–H groups in total. The first-order valence-corrected chi connectivity index (χ1v) is 8.70. The van der Waals surface area contributed by atoms with Crippen LogP contribution in [0.25, 0.3) is 10.8 Å². The van der Waals surface area contributed by atoms with Crippen molar-refractivity contribution in [3.05, 3.63) is 42.0 Å². The normalized spacial score (nSPS) is 13.2. The van der Waals surface area contributed by atoms with Gasteiger partial charge in [0.15, 0.2) is 0 Å². The Kier molecular flexibility index (Phi) is 6.09. The van der Waals surface area contributed by atoms with Gasteiger partial charge in [-0.25, -0.2) is 4.79 Å². The van der Waals surface area contributed by atoms with Crippen LogP contribution in [0.2, 0.25) is 0 Å². The first-order valence-electron chi connectivity index (χ1n) is 7.47. The van der Waals surface area contributed by atoms with Gasteiger partial charge in [-0.1, -0.05) is 24.3 Å². The molecule has 24 heavy (non-hydrogen) atoms. The van der Waals surface area contributed by atoms with E-state index in [0.29, 0.717) is 0 Å². The molecule has 0 saturated heterocycles. The van der Waals surface area contributed by atoms with Crippen LogP contribution in [-0.4, -0.2) is 30.9 Å². The molecule has 0 aliphatic heterocycles. The third kappa shape index (κ3) is 4.41. The SMILES string of the molecule is COc1ccc2cc([C@H](C)C(=O)OC(C)OC(=O)SC)ccc2c1. The number of carbonyl (C=O) groups excluding carboxylic acids is 2. The minimum absolute atomic E-state index is 0.440. The highest BCUT2D eigenvalue weighted by Crippen LogP contribution is 2.26. The number of fused-ring (bicyclic) bond motifs is 1. The number of methoxy groups -OCH3 is 1. The second kappa shape index (κ2) is 8.06. The molecule has 0 aliphatic carbocycles. The number of carbonyl (C=O) groups is 2. The van der Waals surface area contributed by atoms with Crippen molar-refractivity contribution in [3.63, 3.8) is 0 Å². The zero-order valence-corrected chi connectivity index (χ0v) is 14.9. The summed E-state index contributed by atoms with van der Waals surface area (Å²) in [5.41, 5.74) is 0.834. The number of esters is 1. The average Bonchev–Trinajstić information content (AvgIpc) is 2.59. The maximum atomic E-state index is 12.2. The largest absolute Gasteiger partial charge is 0.497 e. The average molecular weight is 348 g/mol. The van der Waals surface area contributed by atoms with Gasteiger partial charge in [-0.2, -0.15) is 0 Å². The molecular formula is C18H20O5S. The van der Waals surface area contributed by atoms with Gasteiger partial charge in [-0.05, 0) is 53.4 Å². The first-order chi connectivity index (χ1) is 11.4. The Hall–Kier alpha value is -2.21. The number of hydrogen-bond acceptors (Lipinski definition) is 6. The van der Waals surface area contributed by atoms with Crippen molar-refractivity contribution in [2.45, 2.75) is 26.1 Å². The van der Waals surface area contributed by atoms with Crippen LogP contribution in [0, 0.1) is 0 Å². The van der Waals surface area contributed by atoms with Crippen molar-refractivity contribution in [2.24, 2.45) is 0 Å². The summed E-state index contributed by atoms with van der Waals surface area (Å²) in [4.78, 5) is 23.4. The summed E-state index contributed by atoms with van der Waals surface area (Å²) in [5.74, 6) is -0.122. The van der Waals surface area contributed by atoms with Gasteiger partial charge in [0.2, 0.25) is 6.29 Å². The first kappa shape index (κ1) is 18.1. The molecule has 0 saturated carbocycles. The summed E-state index contributed by atoms with van der Waals surface area (Å²) >= 11 is 0.927. The van der Waals surface area contributed by atoms with E-state index in [2.05, 4.69) is 0 Å². The Labute approximate surface area is 145 Å². The fourth-order valence-electron chi connectivity index (χ4n) is 2.25. The molecule has 0 radical (unpaired) electrons. The van der Waals surface area contributed by atoms with Gasteiger partial charge in [0, 0.05) is 6.92 Å². The van der Waals surface area contributed by atoms with Crippen LogP contribution in [0.15, 0.2) is 36.4 Å². The standard InChI is InChI=1S/C18H20O5S/c1-11(17(19)22-12(2)23-18(20)24-4)13-5-6-15-10-16(21-3)8-7-14(15)9-13/h5-12H,1-4H3/t11-,12?/m0/s1. The molecule has 0 heterocycles. The maximum absolute atomic E-state index is 12.2. The molecule has 5 nitrogen and oxygen atoms in total. The second-order valence-corrected chi connectivity index (χ2v) is 6.01. The summed E-state index contributed by atoms with van der Waals surface area (Å²) in [6.45, 7) is 3.28. The molecule has 0 bridgehead atoms. The van der Waals surface area contributed by atoms with Gasteiger partial charge in [0.1, 0.15) is 5.75 Å². The molecule has 2 rings (SSSR count). The fourth-order valence-corrected chi connectivity index (χ4v) is 2.48. The number of hydrogen-bond donors (Lipinski definition) is 0. The predicted octanol–water partition coefficient (Wildman–Crippen LogP) is 4.34. The lowest BCUT2D eigenvalue weighted by molar-refractivity contribution is -0.165. The summed E-state index contributed by atoms with van der Waals surface area (Å²) < 4.78 is 15.3. The highest BCUT2D eigenvalue weighted by molar-refractivity contribution is 8.12. The van der Waals surface area contributed by atoms with Crippen LogP contribution < -0.4 is 4.74 Å². The van der Waals surface area contributed by atoms with Gasteiger partial charge in [0.05, 0.1) is 13.0 Å². The summed E-state index contributed by atoms with van der Waals surface area (Å²) in [5, 5.41) is 1.55. The Morgan fingerprint density at radius 3 is 2.33 bits per heavy atom. The van der Waals surface area contributed by atoms with E-state index in [9.17, 15) is 9.59 Å². The third-order valence-corrected chi connectivity index (χ3v) is 4.07. The molecule has 1 unspecified atom stereocenters. The minimum Gasteiger partial charge on any atom is -0.497 e. The molecule has 6 heteroatoms. The molecule has 0 aromatic heterocycles. The highest BCUT2D eigenvalue weighted by atomic mass is 32.2. The molecule has 0 aliphatic rings. The van der Waals surface area contributed by atoms with Gasteiger partial charge in [0.25, 0.3) is 0 Å². The summed E-state index contributed by atoms with van der Waals surface area (Å²) in [6.07, 6.45) is 0.688. The third-order valence-electron chi connectivity index (χ3n) is 3.64. The maximum Gasteiger partial charge on any atom is 0.370 e. The Balaban J connectivity index is 2.11. The quantitative estimate of drug-likeness (QED) is 0.592. The number of rotatable bonds is 5. The van der Waals surface area contributed by atoms with Crippen molar-refractivity contribution in [1.29, 1.82) is 0 Å². The molecule has 0 spiro atoms. The highest BCUT2D eigenvalue weighted by Gasteiger charge is 2.21. The number of ether oxygens (including phenoxy) is 3. The predicted molar refractivity (Wildman–Crippen MR) is 94.5 cm³/mol. The minimum atomic E-state index is -0.912. The van der Waals surface area contributed by atoms with Gasteiger partial charge >= 0.3 is 11.3 Å². The van der Waals surface area contributed by atoms with Crippen LogP contribution in [0.4, 0.5) is 4.79 Å². The molecule has 128 valence electrons. The number of thioether (sulfide) groups is 1. The Bertz CT molecular complexity index is 743. The van der Waals surface area contributed by atoms with Crippen molar-refractivity contribution < 1.29 is 23.8 Å².